The average molecular weight is 549 g/mol. The first-order valence-electron chi connectivity index (χ1n) is 14.9. The third-order valence-corrected chi connectivity index (χ3v) is 12.1. The Labute approximate surface area is 238 Å². The highest BCUT2D eigenvalue weighted by molar-refractivity contribution is 5.96. The van der Waals surface area contributed by atoms with Crippen LogP contribution in [0.15, 0.2) is 54.1 Å². The van der Waals surface area contributed by atoms with Gasteiger partial charge in [0.05, 0.1) is 17.8 Å². The minimum Gasteiger partial charge on any atom is -0.458 e. The van der Waals surface area contributed by atoms with E-state index in [-0.39, 0.29) is 46.9 Å². The largest absolute Gasteiger partial charge is 0.458 e. The minimum atomic E-state index is -0.979. The lowest BCUT2D eigenvalue weighted by molar-refractivity contribution is -0.171. The highest BCUT2D eigenvalue weighted by Gasteiger charge is 2.70. The predicted molar refractivity (Wildman–Crippen MR) is 151 cm³/mol. The fraction of sp³-hybridized carbons (Fsp3) is 0.647. The molecule has 1 aliphatic heterocycles. The van der Waals surface area contributed by atoms with E-state index in [9.17, 15) is 14.7 Å². The van der Waals surface area contributed by atoms with Crippen LogP contribution in [0.1, 0.15) is 77.1 Å². The highest BCUT2D eigenvalue weighted by Crippen LogP contribution is 2.73. The third kappa shape index (κ3) is 3.71. The molecule has 0 spiro atoms. The maximum absolute atomic E-state index is 13.6. The zero-order chi connectivity index (χ0) is 28.7. The Morgan fingerprint density at radius 2 is 1.77 bits per heavy atom. The smallest absolute Gasteiger partial charge is 0.338 e. The summed E-state index contributed by atoms with van der Waals surface area (Å²) >= 11 is 0. The van der Waals surface area contributed by atoms with Gasteiger partial charge in [0.1, 0.15) is 6.10 Å². The molecule has 9 atom stereocenters. The van der Waals surface area contributed by atoms with Gasteiger partial charge in [-0.25, -0.2) is 4.79 Å². The molecule has 2 saturated carbocycles. The molecule has 1 aromatic rings. The van der Waals surface area contributed by atoms with Crippen molar-refractivity contribution in [1.29, 1.82) is 0 Å². The van der Waals surface area contributed by atoms with Gasteiger partial charge in [-0.15, -0.1) is 0 Å². The molecular weight excluding hydrogens is 504 g/mol. The summed E-state index contributed by atoms with van der Waals surface area (Å²) in [6, 6.07) is 9.19. The molecule has 2 unspecified atom stereocenters. The molecule has 0 radical (unpaired) electrons. The first kappa shape index (κ1) is 27.9. The molecule has 1 saturated heterocycles. The monoisotopic (exact) mass is 548 g/mol. The first-order valence-corrected chi connectivity index (χ1v) is 14.9. The van der Waals surface area contributed by atoms with Gasteiger partial charge in [-0.05, 0) is 66.6 Å². The summed E-state index contributed by atoms with van der Waals surface area (Å²) in [6.07, 6.45) is 9.18. The van der Waals surface area contributed by atoms with Gasteiger partial charge in [-0.3, -0.25) is 4.79 Å². The summed E-state index contributed by atoms with van der Waals surface area (Å²) < 4.78 is 17.8. The molecule has 5 aliphatic rings. The van der Waals surface area contributed by atoms with E-state index in [1.807, 2.05) is 18.2 Å². The first-order chi connectivity index (χ1) is 18.8. The lowest BCUT2D eigenvalue weighted by Crippen LogP contribution is -2.65. The number of benzene rings is 1. The van der Waals surface area contributed by atoms with E-state index >= 15 is 0 Å². The van der Waals surface area contributed by atoms with Gasteiger partial charge in [-0.2, -0.15) is 0 Å². The quantitative estimate of drug-likeness (QED) is 0.373. The number of methoxy groups -OCH3 is 1. The summed E-state index contributed by atoms with van der Waals surface area (Å²) in [7, 11) is 1.62. The summed E-state index contributed by atoms with van der Waals surface area (Å²) in [5.74, 6) is 0.0294. The van der Waals surface area contributed by atoms with Gasteiger partial charge < -0.3 is 19.3 Å². The number of ketones is 1. The molecule has 1 heterocycles. The maximum atomic E-state index is 13.6. The van der Waals surface area contributed by atoms with Gasteiger partial charge in [0.2, 0.25) is 0 Å². The molecule has 3 fully saturated rings. The Hall–Kier alpha value is -2.28. The summed E-state index contributed by atoms with van der Waals surface area (Å²) in [5, 5.41) is 11.9. The van der Waals surface area contributed by atoms with Crippen LogP contribution in [-0.4, -0.2) is 48.6 Å². The van der Waals surface area contributed by atoms with E-state index in [1.165, 1.54) is 5.57 Å². The van der Waals surface area contributed by atoms with Crippen LogP contribution in [-0.2, 0) is 19.0 Å². The van der Waals surface area contributed by atoms with Gasteiger partial charge in [0, 0.05) is 30.3 Å². The van der Waals surface area contributed by atoms with Crippen molar-refractivity contribution in [3.8, 4) is 0 Å². The molecule has 216 valence electrons. The molecule has 6 nitrogen and oxygen atoms in total. The second-order valence-corrected chi connectivity index (χ2v) is 14.3. The Balaban J connectivity index is 1.43. The van der Waals surface area contributed by atoms with Crippen molar-refractivity contribution < 1.29 is 28.9 Å². The van der Waals surface area contributed by atoms with E-state index in [4.69, 9.17) is 14.2 Å². The van der Waals surface area contributed by atoms with Gasteiger partial charge in [-0.1, -0.05) is 70.5 Å². The minimum absolute atomic E-state index is 0.0103. The van der Waals surface area contributed by atoms with E-state index in [0.717, 1.165) is 19.3 Å². The number of allylic oxidation sites excluding steroid dienone is 3. The number of hydrogen-bond donors (Lipinski definition) is 1. The van der Waals surface area contributed by atoms with Crippen LogP contribution in [0.5, 0.6) is 0 Å². The number of esters is 1. The second-order valence-electron chi connectivity index (χ2n) is 14.3. The molecule has 1 N–H and O–H groups in total. The van der Waals surface area contributed by atoms with Crippen molar-refractivity contribution in [2.45, 2.75) is 84.7 Å². The van der Waals surface area contributed by atoms with E-state index in [1.54, 1.807) is 25.3 Å². The number of carbonyl (C=O) groups is 2. The van der Waals surface area contributed by atoms with Crippen LogP contribution in [0.2, 0.25) is 0 Å². The fourth-order valence-corrected chi connectivity index (χ4v) is 10.0. The number of carbonyl (C=O) groups excluding carboxylic acids is 2. The number of hydrogen-bond acceptors (Lipinski definition) is 6. The Morgan fingerprint density at radius 3 is 2.45 bits per heavy atom. The Kier molecular flexibility index (Phi) is 6.35. The van der Waals surface area contributed by atoms with Crippen molar-refractivity contribution in [3.63, 3.8) is 0 Å². The summed E-state index contributed by atoms with van der Waals surface area (Å²) in [5.41, 5.74) is -0.644. The topological polar surface area (TPSA) is 82.1 Å². The van der Waals surface area contributed by atoms with E-state index < -0.39 is 28.8 Å². The van der Waals surface area contributed by atoms with Crippen LogP contribution in [0.25, 0.3) is 0 Å². The second kappa shape index (κ2) is 9.11. The van der Waals surface area contributed by atoms with Crippen LogP contribution < -0.4 is 0 Å². The van der Waals surface area contributed by atoms with Gasteiger partial charge in [0.25, 0.3) is 0 Å². The van der Waals surface area contributed by atoms with Crippen molar-refractivity contribution in [3.05, 3.63) is 59.7 Å². The summed E-state index contributed by atoms with van der Waals surface area (Å²) in [6.45, 7) is 11.3. The van der Waals surface area contributed by atoms with Crippen molar-refractivity contribution in [2.75, 3.05) is 13.7 Å². The zero-order valence-corrected chi connectivity index (χ0v) is 24.7. The number of ether oxygens (including phenoxy) is 3. The number of rotatable bonds is 4. The maximum Gasteiger partial charge on any atom is 0.338 e. The Bertz CT molecular complexity index is 1270. The molecule has 1 aromatic carbocycles. The van der Waals surface area contributed by atoms with Crippen LogP contribution >= 0.6 is 0 Å². The molecule has 0 bridgehead atoms. The van der Waals surface area contributed by atoms with Crippen molar-refractivity contribution in [1.82, 2.24) is 0 Å². The van der Waals surface area contributed by atoms with Crippen molar-refractivity contribution in [2.24, 2.45) is 39.4 Å². The van der Waals surface area contributed by atoms with Crippen LogP contribution in [0, 0.1) is 39.4 Å². The lowest BCUT2D eigenvalue weighted by Gasteiger charge is -2.66. The van der Waals surface area contributed by atoms with E-state index in [0.29, 0.717) is 18.4 Å². The molecule has 0 amide bonds. The van der Waals surface area contributed by atoms with Gasteiger partial charge >= 0.3 is 5.97 Å². The normalized spacial score (nSPS) is 45.3. The standard InChI is InChI=1S/C34H44O6/c1-30(2)25-18-27(40-29(36)21-10-8-7-9-11-21)33(5)22-12-13-24(34(37)19-28(38-6)39-20-34)31(22,3)16-14-23(33)32(25,4)17-15-26(30)35/h7-12,15,17,23-25,27-28,37H,13-14,16,18-20H2,1-6H3/t23-,24+,25+,27-,28?,31-,32-,33+,34?/m1/s1. The molecule has 4 aliphatic carbocycles. The Morgan fingerprint density at radius 1 is 1.05 bits per heavy atom. The van der Waals surface area contributed by atoms with E-state index in [2.05, 4.69) is 46.8 Å². The molecule has 6 rings (SSSR count). The molecule has 6 heteroatoms. The predicted octanol–water partition coefficient (Wildman–Crippen LogP) is 5.90. The van der Waals surface area contributed by atoms with Crippen molar-refractivity contribution >= 4 is 11.8 Å². The van der Waals surface area contributed by atoms with Crippen LogP contribution in [0.4, 0.5) is 0 Å². The zero-order valence-electron chi connectivity index (χ0n) is 24.7. The van der Waals surface area contributed by atoms with Crippen LogP contribution in [0.3, 0.4) is 0 Å². The lowest BCUT2D eigenvalue weighted by atomic mass is 9.38. The fourth-order valence-electron chi connectivity index (χ4n) is 10.0. The van der Waals surface area contributed by atoms with Gasteiger partial charge in [0.15, 0.2) is 12.1 Å². The number of aliphatic hydroxyl groups is 1. The number of fused-ring (bicyclic) bond motifs is 5. The molecular formula is C34H44O6. The third-order valence-electron chi connectivity index (χ3n) is 12.1. The average Bonchev–Trinajstić information content (AvgIpc) is 3.49. The molecule has 40 heavy (non-hydrogen) atoms. The SMILES string of the molecule is COC1CC(O)([C@H]2CC=C3[C@@]4(C)[C@H](CC[C@]32C)[C@@]2(C)C=CC(=O)C(C)(C)[C@@H]2C[C@H]4OC(=O)c2ccccc2)CO1. The highest BCUT2D eigenvalue weighted by atomic mass is 16.7. The summed E-state index contributed by atoms with van der Waals surface area (Å²) in [4.78, 5) is 26.7. The molecule has 0 aromatic heterocycles.